The molecule has 1 aliphatic rings. The molecule has 0 aromatic heterocycles. The normalized spacial score (nSPS) is 18.5. The first-order valence-electron chi connectivity index (χ1n) is 6.54. The number of rotatable bonds is 5. The molecule has 5 heteroatoms. The van der Waals surface area contributed by atoms with Crippen LogP contribution in [-0.2, 0) is 14.3 Å². The molecule has 1 rings (SSSR count). The first kappa shape index (κ1) is 15.3. The molecule has 1 amide bonds. The van der Waals surface area contributed by atoms with E-state index in [0.717, 1.165) is 18.6 Å². The Hall–Kier alpha value is -0.710. The Morgan fingerprint density at radius 3 is 2.50 bits per heavy atom. The fourth-order valence-corrected chi connectivity index (χ4v) is 2.87. The maximum absolute atomic E-state index is 12.1. The van der Waals surface area contributed by atoms with E-state index in [-0.39, 0.29) is 23.7 Å². The highest BCUT2D eigenvalue weighted by molar-refractivity contribution is 7.98. The van der Waals surface area contributed by atoms with Crippen molar-refractivity contribution in [3.8, 4) is 0 Å². The highest BCUT2D eigenvalue weighted by Crippen LogP contribution is 2.20. The lowest BCUT2D eigenvalue weighted by Crippen LogP contribution is -2.43. The van der Waals surface area contributed by atoms with Gasteiger partial charge in [-0.3, -0.25) is 9.59 Å². The minimum atomic E-state index is -0.109. The lowest BCUT2D eigenvalue weighted by molar-refractivity contribution is -0.151. The van der Waals surface area contributed by atoms with Gasteiger partial charge in [0, 0.05) is 24.8 Å². The van der Waals surface area contributed by atoms with Crippen LogP contribution in [0.5, 0.6) is 0 Å². The van der Waals surface area contributed by atoms with Crippen molar-refractivity contribution in [3.63, 3.8) is 0 Å². The summed E-state index contributed by atoms with van der Waals surface area (Å²) in [5, 5.41) is 0. The van der Waals surface area contributed by atoms with Crippen LogP contribution >= 0.6 is 11.8 Å². The molecule has 0 aromatic rings. The Morgan fingerprint density at radius 2 is 2.00 bits per heavy atom. The maximum Gasteiger partial charge on any atom is 0.309 e. The van der Waals surface area contributed by atoms with E-state index in [4.69, 9.17) is 4.74 Å². The lowest BCUT2D eigenvalue weighted by atomic mass is 9.96. The van der Waals surface area contributed by atoms with E-state index in [1.54, 1.807) is 11.8 Å². The van der Waals surface area contributed by atoms with Crippen molar-refractivity contribution in [2.45, 2.75) is 26.7 Å². The number of piperidine rings is 1. The molecule has 0 radical (unpaired) electrons. The zero-order valence-electron chi connectivity index (χ0n) is 11.5. The number of esters is 1. The zero-order chi connectivity index (χ0) is 13.5. The first-order valence-corrected chi connectivity index (χ1v) is 7.93. The standard InChI is InChI=1S/C13H23NO3S/c1-4-17-13(16)11-5-7-14(8-6-11)12(15)10(2)9-18-3/h10-11H,4-9H2,1-3H3. The summed E-state index contributed by atoms with van der Waals surface area (Å²) in [4.78, 5) is 25.6. The summed E-state index contributed by atoms with van der Waals surface area (Å²) in [6.07, 6.45) is 3.48. The minimum Gasteiger partial charge on any atom is -0.466 e. The summed E-state index contributed by atoms with van der Waals surface area (Å²) >= 11 is 1.69. The molecule has 0 N–H and O–H groups in total. The molecular formula is C13H23NO3S. The van der Waals surface area contributed by atoms with Crippen molar-refractivity contribution in [2.75, 3.05) is 31.7 Å². The van der Waals surface area contributed by atoms with Gasteiger partial charge >= 0.3 is 5.97 Å². The summed E-state index contributed by atoms with van der Waals surface area (Å²) < 4.78 is 5.02. The van der Waals surface area contributed by atoms with E-state index in [0.29, 0.717) is 19.7 Å². The van der Waals surface area contributed by atoms with E-state index in [1.807, 2.05) is 25.0 Å². The van der Waals surface area contributed by atoms with Crippen molar-refractivity contribution >= 4 is 23.6 Å². The van der Waals surface area contributed by atoms with Crippen LogP contribution in [0, 0.1) is 11.8 Å². The van der Waals surface area contributed by atoms with E-state index in [2.05, 4.69) is 0 Å². The number of likely N-dealkylation sites (tertiary alicyclic amines) is 1. The molecule has 1 unspecified atom stereocenters. The van der Waals surface area contributed by atoms with Crippen molar-refractivity contribution < 1.29 is 14.3 Å². The summed E-state index contributed by atoms with van der Waals surface area (Å²) in [5.41, 5.74) is 0. The Kier molecular flexibility index (Phi) is 6.54. The molecule has 104 valence electrons. The summed E-state index contributed by atoms with van der Waals surface area (Å²) in [6, 6.07) is 0. The smallest absolute Gasteiger partial charge is 0.309 e. The second-order valence-electron chi connectivity index (χ2n) is 4.71. The van der Waals surface area contributed by atoms with Crippen LogP contribution in [0.25, 0.3) is 0 Å². The van der Waals surface area contributed by atoms with Crippen LogP contribution < -0.4 is 0 Å². The minimum absolute atomic E-state index is 0.0233. The Labute approximate surface area is 113 Å². The van der Waals surface area contributed by atoms with Gasteiger partial charge in [0.1, 0.15) is 0 Å². The molecule has 1 saturated heterocycles. The van der Waals surface area contributed by atoms with Crippen molar-refractivity contribution in [1.29, 1.82) is 0 Å². The van der Waals surface area contributed by atoms with Gasteiger partial charge in [-0.15, -0.1) is 0 Å². The Bertz CT molecular complexity index is 288. The van der Waals surface area contributed by atoms with E-state index >= 15 is 0 Å². The fraction of sp³-hybridized carbons (Fsp3) is 0.846. The highest BCUT2D eigenvalue weighted by Gasteiger charge is 2.29. The van der Waals surface area contributed by atoms with Crippen LogP contribution in [-0.4, -0.2) is 48.5 Å². The van der Waals surface area contributed by atoms with Crippen molar-refractivity contribution in [1.82, 2.24) is 4.90 Å². The molecule has 1 fully saturated rings. The number of nitrogens with zero attached hydrogens (tertiary/aromatic N) is 1. The van der Waals surface area contributed by atoms with Gasteiger partial charge in [-0.05, 0) is 26.0 Å². The quantitative estimate of drug-likeness (QED) is 0.716. The molecule has 0 bridgehead atoms. The Balaban J connectivity index is 2.39. The molecule has 1 heterocycles. The van der Waals surface area contributed by atoms with Gasteiger partial charge in [0.2, 0.25) is 5.91 Å². The van der Waals surface area contributed by atoms with Crippen molar-refractivity contribution in [2.24, 2.45) is 11.8 Å². The summed E-state index contributed by atoms with van der Waals surface area (Å²) in [7, 11) is 0. The molecule has 1 aliphatic heterocycles. The zero-order valence-corrected chi connectivity index (χ0v) is 12.3. The summed E-state index contributed by atoms with van der Waals surface area (Å²) in [5.74, 6) is 1.01. The topological polar surface area (TPSA) is 46.6 Å². The predicted octanol–water partition coefficient (Wildman–Crippen LogP) is 1.79. The monoisotopic (exact) mass is 273 g/mol. The third-order valence-electron chi connectivity index (χ3n) is 3.26. The van der Waals surface area contributed by atoms with Crippen LogP contribution in [0.1, 0.15) is 26.7 Å². The number of carbonyl (C=O) groups is 2. The largest absolute Gasteiger partial charge is 0.466 e. The molecule has 0 saturated carbocycles. The van der Waals surface area contributed by atoms with Crippen LogP contribution in [0.2, 0.25) is 0 Å². The molecule has 0 aliphatic carbocycles. The number of amides is 1. The average molecular weight is 273 g/mol. The number of thioether (sulfide) groups is 1. The molecular weight excluding hydrogens is 250 g/mol. The Morgan fingerprint density at radius 1 is 1.39 bits per heavy atom. The first-order chi connectivity index (χ1) is 8.60. The fourth-order valence-electron chi connectivity index (χ4n) is 2.23. The maximum atomic E-state index is 12.1. The van der Waals surface area contributed by atoms with Gasteiger partial charge in [-0.2, -0.15) is 11.8 Å². The van der Waals surface area contributed by atoms with Crippen LogP contribution in [0.4, 0.5) is 0 Å². The van der Waals surface area contributed by atoms with Crippen LogP contribution in [0.3, 0.4) is 0 Å². The number of carbonyl (C=O) groups excluding carboxylic acids is 2. The third-order valence-corrected chi connectivity index (χ3v) is 4.10. The second-order valence-corrected chi connectivity index (χ2v) is 5.62. The van der Waals surface area contributed by atoms with Crippen molar-refractivity contribution in [3.05, 3.63) is 0 Å². The predicted molar refractivity (Wildman–Crippen MR) is 73.5 cm³/mol. The number of ether oxygens (including phenoxy) is 1. The highest BCUT2D eigenvalue weighted by atomic mass is 32.2. The SMILES string of the molecule is CCOC(=O)C1CCN(C(=O)C(C)CSC)CC1. The molecule has 4 nitrogen and oxygen atoms in total. The van der Waals surface area contributed by atoms with Gasteiger partial charge in [-0.1, -0.05) is 6.92 Å². The number of hydrogen-bond acceptors (Lipinski definition) is 4. The van der Waals surface area contributed by atoms with Gasteiger partial charge in [0.25, 0.3) is 0 Å². The van der Waals surface area contributed by atoms with Gasteiger partial charge in [-0.25, -0.2) is 0 Å². The molecule has 1 atom stereocenters. The average Bonchev–Trinajstić information content (AvgIpc) is 2.38. The molecule has 0 spiro atoms. The van der Waals surface area contributed by atoms with E-state index in [1.165, 1.54) is 0 Å². The second kappa shape index (κ2) is 7.67. The summed E-state index contributed by atoms with van der Waals surface area (Å²) in [6.45, 7) is 5.59. The lowest BCUT2D eigenvalue weighted by Gasteiger charge is -2.32. The van der Waals surface area contributed by atoms with Crippen LogP contribution in [0.15, 0.2) is 0 Å². The molecule has 0 aromatic carbocycles. The van der Waals surface area contributed by atoms with E-state index in [9.17, 15) is 9.59 Å². The number of hydrogen-bond donors (Lipinski definition) is 0. The van der Waals surface area contributed by atoms with Gasteiger partial charge in [0.15, 0.2) is 0 Å². The molecule has 18 heavy (non-hydrogen) atoms. The third kappa shape index (κ3) is 4.19. The van der Waals surface area contributed by atoms with E-state index < -0.39 is 0 Å². The van der Waals surface area contributed by atoms with Gasteiger partial charge in [0.05, 0.1) is 12.5 Å². The van der Waals surface area contributed by atoms with Gasteiger partial charge < -0.3 is 9.64 Å².